The van der Waals surface area contributed by atoms with Gasteiger partial charge in [-0.15, -0.1) is 0 Å². The molecule has 0 saturated carbocycles. The number of hydrogen-bond donors (Lipinski definition) is 1. The van der Waals surface area contributed by atoms with Gasteiger partial charge in [0, 0.05) is 6.54 Å². The highest BCUT2D eigenvalue weighted by Gasteiger charge is 2.36. The molecule has 3 rings (SSSR count). The molecule has 0 aliphatic carbocycles. The van der Waals surface area contributed by atoms with Gasteiger partial charge in [0.15, 0.2) is 0 Å². The van der Waals surface area contributed by atoms with Gasteiger partial charge in [-0.05, 0) is 37.8 Å². The van der Waals surface area contributed by atoms with Crippen molar-refractivity contribution >= 4 is 5.97 Å². The third-order valence-electron chi connectivity index (χ3n) is 4.63. The van der Waals surface area contributed by atoms with Crippen LogP contribution in [0.5, 0.6) is 0 Å². The van der Waals surface area contributed by atoms with Crippen LogP contribution >= 0.6 is 0 Å². The number of benzene rings is 2. The van der Waals surface area contributed by atoms with Gasteiger partial charge < -0.3 is 5.11 Å². The predicted molar refractivity (Wildman–Crippen MR) is 91.6 cm³/mol. The van der Waals surface area contributed by atoms with Crippen molar-refractivity contribution in [3.63, 3.8) is 0 Å². The van der Waals surface area contributed by atoms with Crippen molar-refractivity contribution in [1.29, 1.82) is 0 Å². The Morgan fingerprint density at radius 1 is 1.09 bits per heavy atom. The number of nitrogens with zero attached hydrogens (tertiary/aromatic N) is 1. The number of aryl methyl sites for hydroxylation is 2. The lowest BCUT2D eigenvalue weighted by Crippen LogP contribution is -2.39. The minimum absolute atomic E-state index is 0.00148. The van der Waals surface area contributed by atoms with E-state index in [2.05, 4.69) is 67.3 Å². The quantitative estimate of drug-likeness (QED) is 0.930. The number of hydrogen-bond acceptors (Lipinski definition) is 2. The van der Waals surface area contributed by atoms with Crippen molar-refractivity contribution in [1.82, 2.24) is 4.90 Å². The largest absolute Gasteiger partial charge is 0.480 e. The van der Waals surface area contributed by atoms with Gasteiger partial charge in [0.05, 0.1) is 6.04 Å². The van der Waals surface area contributed by atoms with E-state index in [1.165, 1.54) is 22.3 Å². The molecular formula is C20H23NO2. The molecule has 120 valence electrons. The Labute approximate surface area is 137 Å². The Morgan fingerprint density at radius 3 is 2.13 bits per heavy atom. The van der Waals surface area contributed by atoms with Crippen molar-refractivity contribution in [2.45, 2.75) is 38.8 Å². The van der Waals surface area contributed by atoms with Crippen LogP contribution in [0.15, 0.2) is 48.5 Å². The summed E-state index contributed by atoms with van der Waals surface area (Å²) in [5.41, 5.74) is 4.74. The normalized spacial score (nSPS) is 18.5. The zero-order valence-electron chi connectivity index (χ0n) is 13.7. The molecule has 1 heterocycles. The van der Waals surface area contributed by atoms with Gasteiger partial charge in [-0.3, -0.25) is 9.69 Å². The molecule has 1 N–H and O–H groups in total. The second-order valence-corrected chi connectivity index (χ2v) is 6.46. The minimum Gasteiger partial charge on any atom is -0.480 e. The van der Waals surface area contributed by atoms with Gasteiger partial charge in [-0.1, -0.05) is 59.7 Å². The number of rotatable bonds is 4. The standard InChI is InChI=1S/C20H23NO2/c1-14-6-3-8-16(12-14)19(17-9-4-7-15(2)13-17)21-11-5-10-18(21)20(22)23/h3-4,6-9,12-13,18-19H,5,10-11H2,1-2H3,(H,22,23). The maximum absolute atomic E-state index is 11.7. The molecule has 0 bridgehead atoms. The van der Waals surface area contributed by atoms with Crippen molar-refractivity contribution in [2.24, 2.45) is 0 Å². The lowest BCUT2D eigenvalue weighted by Gasteiger charge is -2.32. The van der Waals surface area contributed by atoms with E-state index in [1.807, 2.05) is 0 Å². The molecule has 1 unspecified atom stereocenters. The molecule has 3 nitrogen and oxygen atoms in total. The van der Waals surface area contributed by atoms with Crippen LogP contribution in [0, 0.1) is 13.8 Å². The molecule has 1 fully saturated rings. The monoisotopic (exact) mass is 309 g/mol. The summed E-state index contributed by atoms with van der Waals surface area (Å²) >= 11 is 0. The SMILES string of the molecule is Cc1cccc(C(c2cccc(C)c2)N2CCCC2C(=O)O)c1. The zero-order valence-corrected chi connectivity index (χ0v) is 13.7. The van der Waals surface area contributed by atoms with E-state index in [0.29, 0.717) is 0 Å². The molecule has 1 aliphatic rings. The highest BCUT2D eigenvalue weighted by atomic mass is 16.4. The van der Waals surface area contributed by atoms with Crippen molar-refractivity contribution in [2.75, 3.05) is 6.54 Å². The second-order valence-electron chi connectivity index (χ2n) is 6.46. The first-order chi connectivity index (χ1) is 11.1. The number of likely N-dealkylation sites (tertiary alicyclic amines) is 1. The van der Waals surface area contributed by atoms with E-state index in [-0.39, 0.29) is 6.04 Å². The molecule has 3 heteroatoms. The molecule has 23 heavy (non-hydrogen) atoms. The molecule has 0 spiro atoms. The molecule has 0 aromatic heterocycles. The first kappa shape index (κ1) is 15.8. The summed E-state index contributed by atoms with van der Waals surface area (Å²) in [6.07, 6.45) is 1.66. The third-order valence-corrected chi connectivity index (χ3v) is 4.63. The third kappa shape index (κ3) is 3.30. The molecule has 1 saturated heterocycles. The van der Waals surface area contributed by atoms with E-state index in [0.717, 1.165) is 19.4 Å². The first-order valence-corrected chi connectivity index (χ1v) is 8.18. The summed E-state index contributed by atoms with van der Waals surface area (Å²) in [6, 6.07) is 16.4. The van der Waals surface area contributed by atoms with Gasteiger partial charge in [0.1, 0.15) is 6.04 Å². The summed E-state index contributed by atoms with van der Waals surface area (Å²) in [4.78, 5) is 13.8. The molecule has 0 amide bonds. The highest BCUT2D eigenvalue weighted by molar-refractivity contribution is 5.74. The molecule has 1 aliphatic heterocycles. The summed E-state index contributed by atoms with van der Waals surface area (Å²) in [7, 11) is 0. The Kier molecular flexibility index (Phi) is 4.49. The molecule has 1 atom stereocenters. The summed E-state index contributed by atoms with van der Waals surface area (Å²) < 4.78 is 0. The van der Waals surface area contributed by atoms with E-state index < -0.39 is 12.0 Å². The van der Waals surface area contributed by atoms with E-state index in [4.69, 9.17) is 0 Å². The van der Waals surface area contributed by atoms with Crippen LogP contribution in [0.2, 0.25) is 0 Å². The van der Waals surface area contributed by atoms with Crippen LogP contribution in [-0.4, -0.2) is 28.6 Å². The number of aliphatic carboxylic acids is 1. The van der Waals surface area contributed by atoms with Crippen molar-refractivity contribution in [3.05, 3.63) is 70.8 Å². The average molecular weight is 309 g/mol. The Morgan fingerprint density at radius 2 is 1.65 bits per heavy atom. The van der Waals surface area contributed by atoms with Crippen LogP contribution in [-0.2, 0) is 4.79 Å². The number of carboxylic acids is 1. The van der Waals surface area contributed by atoms with Crippen molar-refractivity contribution < 1.29 is 9.90 Å². The Balaban J connectivity index is 2.08. The van der Waals surface area contributed by atoms with Gasteiger partial charge in [0.2, 0.25) is 0 Å². The molecule has 2 aromatic carbocycles. The van der Waals surface area contributed by atoms with Gasteiger partial charge in [0.25, 0.3) is 0 Å². The number of carbonyl (C=O) groups is 1. The lowest BCUT2D eigenvalue weighted by atomic mass is 9.94. The van der Waals surface area contributed by atoms with Crippen LogP contribution in [0.4, 0.5) is 0 Å². The summed E-state index contributed by atoms with van der Waals surface area (Å²) in [5.74, 6) is -0.715. The Hall–Kier alpha value is -2.13. The number of carboxylic acid groups (broad SMARTS) is 1. The van der Waals surface area contributed by atoms with Crippen LogP contribution in [0.1, 0.15) is 41.1 Å². The smallest absolute Gasteiger partial charge is 0.320 e. The fourth-order valence-corrected chi connectivity index (χ4v) is 3.62. The predicted octanol–water partition coefficient (Wildman–Crippen LogP) is 3.94. The van der Waals surface area contributed by atoms with Crippen LogP contribution in [0.25, 0.3) is 0 Å². The fourth-order valence-electron chi connectivity index (χ4n) is 3.62. The van der Waals surface area contributed by atoms with E-state index in [9.17, 15) is 9.90 Å². The van der Waals surface area contributed by atoms with Crippen LogP contribution in [0.3, 0.4) is 0 Å². The fraction of sp³-hybridized carbons (Fsp3) is 0.350. The van der Waals surface area contributed by atoms with Gasteiger partial charge in [-0.25, -0.2) is 0 Å². The minimum atomic E-state index is -0.715. The van der Waals surface area contributed by atoms with E-state index in [1.54, 1.807) is 0 Å². The summed E-state index contributed by atoms with van der Waals surface area (Å²) in [5, 5.41) is 9.59. The highest BCUT2D eigenvalue weighted by Crippen LogP contribution is 2.35. The maximum atomic E-state index is 11.7. The first-order valence-electron chi connectivity index (χ1n) is 8.18. The lowest BCUT2D eigenvalue weighted by molar-refractivity contribution is -0.142. The average Bonchev–Trinajstić information content (AvgIpc) is 2.97. The van der Waals surface area contributed by atoms with Crippen LogP contribution < -0.4 is 0 Å². The van der Waals surface area contributed by atoms with Crippen molar-refractivity contribution in [3.8, 4) is 0 Å². The zero-order chi connectivity index (χ0) is 16.4. The molecule has 0 radical (unpaired) electrons. The van der Waals surface area contributed by atoms with Gasteiger partial charge >= 0.3 is 5.97 Å². The summed E-state index contributed by atoms with van der Waals surface area (Å²) in [6.45, 7) is 4.98. The second kappa shape index (κ2) is 6.55. The maximum Gasteiger partial charge on any atom is 0.320 e. The topological polar surface area (TPSA) is 40.5 Å². The van der Waals surface area contributed by atoms with E-state index >= 15 is 0 Å². The molecular weight excluding hydrogens is 286 g/mol. The Bertz CT molecular complexity index is 665. The van der Waals surface area contributed by atoms with Gasteiger partial charge in [-0.2, -0.15) is 0 Å². The molecule has 2 aromatic rings.